The number of Topliss-reactive ketones (excluding diaryl/α,β-unsaturated/α-hetero) is 1. The van der Waals surface area contributed by atoms with Crippen molar-refractivity contribution in [2.24, 2.45) is 5.92 Å². The lowest BCUT2D eigenvalue weighted by Crippen LogP contribution is -2.05. The van der Waals surface area contributed by atoms with E-state index in [1.54, 1.807) is 0 Å². The fourth-order valence-electron chi connectivity index (χ4n) is 1.68. The molecule has 1 aromatic rings. The normalized spacial score (nSPS) is 11.0. The van der Waals surface area contributed by atoms with Gasteiger partial charge in [0, 0.05) is 12.0 Å². The van der Waals surface area contributed by atoms with E-state index < -0.39 is 0 Å². The number of rotatable bonds is 3. The van der Waals surface area contributed by atoms with E-state index in [1.165, 1.54) is 0 Å². The Hall–Kier alpha value is -1.05. The maximum Gasteiger partial charge on any atom is 0.166 e. The topological polar surface area (TPSA) is 30.2 Å². The molecule has 0 spiro atoms. The number of carbonyl (C=O) groups is 1. The predicted molar refractivity (Wildman–Crippen MR) is 56.7 cm³/mol. The van der Waals surface area contributed by atoms with Crippen LogP contribution in [-0.4, -0.2) is 5.78 Å². The van der Waals surface area contributed by atoms with Crippen LogP contribution in [0.25, 0.3) is 0 Å². The third-order valence-electron chi connectivity index (χ3n) is 2.43. The number of furan rings is 1. The summed E-state index contributed by atoms with van der Waals surface area (Å²) in [5.74, 6) is 2.21. The van der Waals surface area contributed by atoms with E-state index in [0.29, 0.717) is 12.3 Å². The first kappa shape index (κ1) is 11.0. The van der Waals surface area contributed by atoms with Crippen molar-refractivity contribution in [3.05, 3.63) is 22.6 Å². The first-order valence-corrected chi connectivity index (χ1v) is 5.03. The summed E-state index contributed by atoms with van der Waals surface area (Å²) in [5, 5.41) is 0. The molecule has 14 heavy (non-hydrogen) atoms. The Morgan fingerprint density at radius 1 is 1.21 bits per heavy atom. The van der Waals surface area contributed by atoms with Gasteiger partial charge in [0.15, 0.2) is 5.78 Å². The zero-order valence-electron chi connectivity index (χ0n) is 9.60. The first-order valence-electron chi connectivity index (χ1n) is 5.03. The highest BCUT2D eigenvalue weighted by Crippen LogP contribution is 2.23. The number of aryl methyl sites for hydroxylation is 2. The fraction of sp³-hybridized carbons (Fsp3) is 0.583. The third-order valence-corrected chi connectivity index (χ3v) is 2.43. The maximum atomic E-state index is 11.9. The Bertz CT molecular complexity index is 345. The van der Waals surface area contributed by atoms with E-state index >= 15 is 0 Å². The predicted octanol–water partition coefficient (Wildman–Crippen LogP) is 3.43. The Kier molecular flexibility index (Phi) is 3.14. The molecule has 0 unspecified atom stereocenters. The summed E-state index contributed by atoms with van der Waals surface area (Å²) in [6.07, 6.45) is 0.598. The molecule has 0 saturated heterocycles. The van der Waals surface area contributed by atoms with Crippen molar-refractivity contribution in [2.75, 3.05) is 0 Å². The summed E-state index contributed by atoms with van der Waals surface area (Å²) in [7, 11) is 0. The van der Waals surface area contributed by atoms with Crippen molar-refractivity contribution in [1.29, 1.82) is 0 Å². The average molecular weight is 194 g/mol. The Balaban J connectivity index is 3.00. The maximum absolute atomic E-state index is 11.9. The second-order valence-electron chi connectivity index (χ2n) is 4.24. The van der Waals surface area contributed by atoms with Crippen molar-refractivity contribution in [1.82, 2.24) is 0 Å². The van der Waals surface area contributed by atoms with Crippen molar-refractivity contribution < 1.29 is 9.21 Å². The highest BCUT2D eigenvalue weighted by atomic mass is 16.3. The van der Waals surface area contributed by atoms with Crippen LogP contribution in [0.2, 0.25) is 0 Å². The molecule has 0 aliphatic rings. The van der Waals surface area contributed by atoms with E-state index in [2.05, 4.69) is 13.8 Å². The molecule has 0 atom stereocenters. The smallest absolute Gasteiger partial charge is 0.166 e. The largest absolute Gasteiger partial charge is 0.466 e. The van der Waals surface area contributed by atoms with Crippen molar-refractivity contribution in [2.45, 2.75) is 41.0 Å². The average Bonchev–Trinajstić information content (AvgIpc) is 2.25. The molecule has 2 heteroatoms. The van der Waals surface area contributed by atoms with Gasteiger partial charge in [-0.3, -0.25) is 4.79 Å². The highest BCUT2D eigenvalue weighted by Gasteiger charge is 2.18. The number of ketones is 1. The second kappa shape index (κ2) is 3.99. The minimum absolute atomic E-state index is 0.201. The minimum atomic E-state index is 0.201. The Morgan fingerprint density at radius 3 is 2.14 bits per heavy atom. The van der Waals surface area contributed by atoms with Crippen LogP contribution in [0.1, 0.15) is 47.7 Å². The molecule has 0 aliphatic carbocycles. The molecule has 1 heterocycles. The lowest BCUT2D eigenvalue weighted by Gasteiger charge is -2.03. The van der Waals surface area contributed by atoms with Gasteiger partial charge in [0.2, 0.25) is 0 Å². The van der Waals surface area contributed by atoms with Gasteiger partial charge in [-0.2, -0.15) is 0 Å². The summed E-state index contributed by atoms with van der Waals surface area (Å²) in [6, 6.07) is 0. The van der Waals surface area contributed by atoms with Gasteiger partial charge in [-0.1, -0.05) is 13.8 Å². The van der Waals surface area contributed by atoms with Crippen molar-refractivity contribution >= 4 is 5.78 Å². The molecule has 78 valence electrons. The van der Waals surface area contributed by atoms with Gasteiger partial charge < -0.3 is 4.42 Å². The number of carbonyl (C=O) groups excluding carboxylic acids is 1. The summed E-state index contributed by atoms with van der Waals surface area (Å²) >= 11 is 0. The summed E-state index contributed by atoms with van der Waals surface area (Å²) in [4.78, 5) is 11.9. The molecule has 0 aliphatic heterocycles. The zero-order chi connectivity index (χ0) is 10.9. The second-order valence-corrected chi connectivity index (χ2v) is 4.24. The Morgan fingerprint density at radius 2 is 1.79 bits per heavy atom. The van der Waals surface area contributed by atoms with E-state index in [1.807, 2.05) is 20.8 Å². The van der Waals surface area contributed by atoms with Gasteiger partial charge in [0.1, 0.15) is 11.5 Å². The third kappa shape index (κ3) is 2.06. The van der Waals surface area contributed by atoms with E-state index in [0.717, 1.165) is 22.6 Å². The Labute approximate surface area is 85.3 Å². The molecule has 0 aromatic carbocycles. The van der Waals surface area contributed by atoms with Gasteiger partial charge in [0.25, 0.3) is 0 Å². The molecule has 0 saturated carbocycles. The van der Waals surface area contributed by atoms with Crippen LogP contribution in [0.4, 0.5) is 0 Å². The SMILES string of the molecule is Cc1oc(C)c(C(=O)CC(C)C)c1C. The lowest BCUT2D eigenvalue weighted by molar-refractivity contribution is 0.0966. The van der Waals surface area contributed by atoms with Crippen LogP contribution >= 0.6 is 0 Å². The van der Waals surface area contributed by atoms with Crippen molar-refractivity contribution in [3.8, 4) is 0 Å². The van der Waals surface area contributed by atoms with Crippen LogP contribution in [0.15, 0.2) is 4.42 Å². The van der Waals surface area contributed by atoms with Crippen LogP contribution in [0, 0.1) is 26.7 Å². The van der Waals surface area contributed by atoms with Gasteiger partial charge in [-0.25, -0.2) is 0 Å². The molecule has 0 N–H and O–H groups in total. The number of hydrogen-bond donors (Lipinski definition) is 0. The molecule has 0 fully saturated rings. The zero-order valence-corrected chi connectivity index (χ0v) is 9.60. The van der Waals surface area contributed by atoms with Crippen molar-refractivity contribution in [3.63, 3.8) is 0 Å². The van der Waals surface area contributed by atoms with Gasteiger partial charge >= 0.3 is 0 Å². The van der Waals surface area contributed by atoms with Gasteiger partial charge in [-0.15, -0.1) is 0 Å². The van der Waals surface area contributed by atoms with E-state index in [9.17, 15) is 4.79 Å². The quantitative estimate of drug-likeness (QED) is 0.690. The molecule has 1 aromatic heterocycles. The summed E-state index contributed by atoms with van der Waals surface area (Å²) in [5.41, 5.74) is 1.78. The van der Waals surface area contributed by atoms with Gasteiger partial charge in [0.05, 0.1) is 5.56 Å². The molecule has 0 amide bonds. The first-order chi connectivity index (χ1) is 6.43. The number of hydrogen-bond acceptors (Lipinski definition) is 2. The van der Waals surface area contributed by atoms with Crippen LogP contribution < -0.4 is 0 Å². The molecular formula is C12H18O2. The highest BCUT2D eigenvalue weighted by molar-refractivity contribution is 5.98. The van der Waals surface area contributed by atoms with Crippen LogP contribution in [0.3, 0.4) is 0 Å². The standard InChI is InChI=1S/C12H18O2/c1-7(2)6-11(13)12-8(3)9(4)14-10(12)5/h7H,6H2,1-5H3. The molecular weight excluding hydrogens is 176 g/mol. The lowest BCUT2D eigenvalue weighted by atomic mass is 9.98. The molecule has 2 nitrogen and oxygen atoms in total. The minimum Gasteiger partial charge on any atom is -0.466 e. The molecule has 0 radical (unpaired) electrons. The van der Waals surface area contributed by atoms with E-state index in [4.69, 9.17) is 4.42 Å². The van der Waals surface area contributed by atoms with E-state index in [-0.39, 0.29) is 5.78 Å². The fourth-order valence-corrected chi connectivity index (χ4v) is 1.68. The van der Waals surface area contributed by atoms with Crippen LogP contribution in [0.5, 0.6) is 0 Å². The van der Waals surface area contributed by atoms with Crippen LogP contribution in [-0.2, 0) is 0 Å². The monoisotopic (exact) mass is 194 g/mol. The summed E-state index contributed by atoms with van der Waals surface area (Å²) < 4.78 is 5.43. The summed E-state index contributed by atoms with van der Waals surface area (Å²) in [6.45, 7) is 9.80. The van der Waals surface area contributed by atoms with Gasteiger partial charge in [-0.05, 0) is 26.7 Å². The molecule has 0 bridgehead atoms. The molecule has 1 rings (SSSR count).